The molecule has 0 fully saturated rings. The smallest absolute Gasteiger partial charge is 0.106 e. The van der Waals surface area contributed by atoms with Crippen molar-refractivity contribution in [2.75, 3.05) is 6.61 Å². The fourth-order valence-corrected chi connectivity index (χ4v) is 5.21. The molecule has 0 radical (unpaired) electrons. The highest BCUT2D eigenvalue weighted by atomic mass is 16.3. The standard InChI is InChI=1S/C33H63N3O2/c1-3-5-7-8-9-10-11-12-13-14-15-16-17-18-19-20-21-22-23-24-26-27-31-29-36(35-34-31)32(30-37)33(38)28-25-6-4-2/h25,28-29,32-33,37-38H,3-24,26-27,30H2,1-2H3/b28-25+/t32-,33+/m0/s1. The first-order chi connectivity index (χ1) is 18.7. The maximum absolute atomic E-state index is 10.3. The Hall–Kier alpha value is -1.20. The van der Waals surface area contributed by atoms with E-state index in [1.807, 2.05) is 12.3 Å². The summed E-state index contributed by atoms with van der Waals surface area (Å²) < 4.78 is 1.62. The van der Waals surface area contributed by atoms with Crippen LogP contribution in [0.2, 0.25) is 0 Å². The van der Waals surface area contributed by atoms with Gasteiger partial charge in [-0.05, 0) is 19.3 Å². The van der Waals surface area contributed by atoms with Gasteiger partial charge in [0.1, 0.15) is 6.04 Å². The number of aliphatic hydroxyl groups excluding tert-OH is 2. The summed E-state index contributed by atoms with van der Waals surface area (Å²) >= 11 is 0. The van der Waals surface area contributed by atoms with E-state index in [9.17, 15) is 10.2 Å². The molecule has 0 unspecified atom stereocenters. The van der Waals surface area contributed by atoms with Gasteiger partial charge in [-0.1, -0.05) is 166 Å². The number of unbranched alkanes of at least 4 members (excludes halogenated alkanes) is 21. The van der Waals surface area contributed by atoms with Crippen molar-refractivity contribution in [2.24, 2.45) is 0 Å². The molecule has 0 aliphatic carbocycles. The highest BCUT2D eigenvalue weighted by molar-refractivity contribution is 4.98. The van der Waals surface area contributed by atoms with Crippen molar-refractivity contribution in [2.45, 2.75) is 180 Å². The summed E-state index contributed by atoms with van der Waals surface area (Å²) in [5, 5.41) is 28.4. The molecule has 0 saturated carbocycles. The van der Waals surface area contributed by atoms with E-state index >= 15 is 0 Å². The van der Waals surface area contributed by atoms with Crippen molar-refractivity contribution in [3.63, 3.8) is 0 Å². The van der Waals surface area contributed by atoms with Crippen LogP contribution in [0.3, 0.4) is 0 Å². The van der Waals surface area contributed by atoms with E-state index in [1.165, 1.54) is 128 Å². The largest absolute Gasteiger partial charge is 0.394 e. The molecule has 0 saturated heterocycles. The minimum Gasteiger partial charge on any atom is -0.394 e. The number of aromatic nitrogens is 3. The number of rotatable bonds is 28. The van der Waals surface area contributed by atoms with E-state index in [-0.39, 0.29) is 6.61 Å². The van der Waals surface area contributed by atoms with Gasteiger partial charge in [0.15, 0.2) is 0 Å². The quantitative estimate of drug-likeness (QED) is 0.0831. The normalized spacial score (nSPS) is 13.5. The van der Waals surface area contributed by atoms with E-state index in [2.05, 4.69) is 24.2 Å². The van der Waals surface area contributed by atoms with E-state index in [0.717, 1.165) is 31.4 Å². The van der Waals surface area contributed by atoms with Gasteiger partial charge < -0.3 is 10.2 Å². The van der Waals surface area contributed by atoms with E-state index in [0.29, 0.717) is 0 Å². The second kappa shape index (κ2) is 26.0. The van der Waals surface area contributed by atoms with Crippen molar-refractivity contribution in [3.8, 4) is 0 Å². The fraction of sp³-hybridized carbons (Fsp3) is 0.879. The molecular weight excluding hydrogens is 470 g/mol. The van der Waals surface area contributed by atoms with Gasteiger partial charge in [-0.3, -0.25) is 0 Å². The van der Waals surface area contributed by atoms with Gasteiger partial charge >= 0.3 is 0 Å². The summed E-state index contributed by atoms with van der Waals surface area (Å²) in [6.45, 7) is 4.24. The Morgan fingerprint density at radius 1 is 0.684 bits per heavy atom. The Morgan fingerprint density at radius 2 is 1.13 bits per heavy atom. The molecule has 1 rings (SSSR count). The van der Waals surface area contributed by atoms with Crippen LogP contribution in [0.25, 0.3) is 0 Å². The van der Waals surface area contributed by atoms with Crippen molar-refractivity contribution in [1.82, 2.24) is 15.0 Å². The number of nitrogens with zero attached hydrogens (tertiary/aromatic N) is 3. The molecule has 0 bridgehead atoms. The zero-order valence-electron chi connectivity index (χ0n) is 25.3. The minimum atomic E-state index is -0.745. The zero-order chi connectivity index (χ0) is 27.5. The lowest BCUT2D eigenvalue weighted by molar-refractivity contribution is 0.0974. The average molecular weight is 534 g/mol. The number of aliphatic hydroxyl groups is 2. The zero-order valence-corrected chi connectivity index (χ0v) is 25.3. The van der Waals surface area contributed by atoms with Crippen LogP contribution in [-0.4, -0.2) is 37.9 Å². The second-order valence-electron chi connectivity index (χ2n) is 11.5. The minimum absolute atomic E-state index is 0.153. The third kappa shape index (κ3) is 19.0. The third-order valence-corrected chi connectivity index (χ3v) is 7.80. The Bertz CT molecular complexity index is 646. The van der Waals surface area contributed by atoms with Gasteiger partial charge in [-0.25, -0.2) is 4.68 Å². The van der Waals surface area contributed by atoms with E-state index in [4.69, 9.17) is 0 Å². The molecule has 0 aromatic carbocycles. The first-order valence-electron chi connectivity index (χ1n) is 16.6. The van der Waals surface area contributed by atoms with Crippen LogP contribution in [0.5, 0.6) is 0 Å². The number of allylic oxidation sites excluding steroid dienone is 1. The summed E-state index contributed by atoms with van der Waals surface area (Å²) in [5.41, 5.74) is 0.950. The van der Waals surface area contributed by atoms with Crippen LogP contribution in [-0.2, 0) is 6.42 Å². The Morgan fingerprint density at radius 3 is 1.55 bits per heavy atom. The molecule has 38 heavy (non-hydrogen) atoms. The van der Waals surface area contributed by atoms with Crippen molar-refractivity contribution in [1.29, 1.82) is 0 Å². The maximum Gasteiger partial charge on any atom is 0.106 e. The molecule has 1 aromatic rings. The average Bonchev–Trinajstić information content (AvgIpc) is 3.38. The lowest BCUT2D eigenvalue weighted by Gasteiger charge is -2.17. The fourth-order valence-electron chi connectivity index (χ4n) is 5.21. The molecule has 2 atom stereocenters. The molecule has 222 valence electrons. The molecule has 2 N–H and O–H groups in total. The van der Waals surface area contributed by atoms with Gasteiger partial charge in [0, 0.05) is 6.20 Å². The van der Waals surface area contributed by atoms with E-state index in [1.54, 1.807) is 10.8 Å². The molecular formula is C33H63N3O2. The second-order valence-corrected chi connectivity index (χ2v) is 11.5. The van der Waals surface area contributed by atoms with Crippen LogP contribution in [0.4, 0.5) is 0 Å². The summed E-state index contributed by atoms with van der Waals surface area (Å²) in [7, 11) is 0. The Kier molecular flexibility index (Phi) is 23.9. The number of hydrogen-bond donors (Lipinski definition) is 2. The first-order valence-corrected chi connectivity index (χ1v) is 16.6. The van der Waals surface area contributed by atoms with Gasteiger partial charge in [-0.2, -0.15) is 0 Å². The molecule has 5 heteroatoms. The van der Waals surface area contributed by atoms with Crippen molar-refractivity contribution < 1.29 is 10.2 Å². The predicted molar refractivity (Wildman–Crippen MR) is 163 cm³/mol. The summed E-state index contributed by atoms with van der Waals surface area (Å²) in [4.78, 5) is 0. The summed E-state index contributed by atoms with van der Waals surface area (Å²) in [6.07, 6.45) is 37.1. The molecule has 0 amide bonds. The first kappa shape index (κ1) is 34.8. The van der Waals surface area contributed by atoms with Gasteiger partial charge in [0.05, 0.1) is 18.4 Å². The number of hydrogen-bond acceptors (Lipinski definition) is 4. The third-order valence-electron chi connectivity index (χ3n) is 7.80. The summed E-state index contributed by atoms with van der Waals surface area (Å²) in [5.74, 6) is 0. The van der Waals surface area contributed by atoms with Crippen molar-refractivity contribution in [3.05, 3.63) is 24.0 Å². The predicted octanol–water partition coefficient (Wildman–Crippen LogP) is 9.28. The molecule has 5 nitrogen and oxygen atoms in total. The highest BCUT2D eigenvalue weighted by Crippen LogP contribution is 2.16. The maximum atomic E-state index is 10.3. The Labute approximate surface area is 235 Å². The monoisotopic (exact) mass is 533 g/mol. The van der Waals surface area contributed by atoms with Crippen LogP contribution in [0.1, 0.15) is 173 Å². The van der Waals surface area contributed by atoms with Gasteiger partial charge in [-0.15, -0.1) is 5.10 Å². The lowest BCUT2D eigenvalue weighted by Crippen LogP contribution is -2.26. The Balaban J connectivity index is 1.89. The molecule has 1 aromatic heterocycles. The van der Waals surface area contributed by atoms with Gasteiger partial charge in [0.2, 0.25) is 0 Å². The van der Waals surface area contributed by atoms with Crippen LogP contribution < -0.4 is 0 Å². The molecule has 1 heterocycles. The molecule has 0 spiro atoms. The summed E-state index contributed by atoms with van der Waals surface area (Å²) in [6, 6.07) is -0.468. The topological polar surface area (TPSA) is 71.2 Å². The number of aryl methyl sites for hydroxylation is 1. The van der Waals surface area contributed by atoms with Gasteiger partial charge in [0.25, 0.3) is 0 Å². The van der Waals surface area contributed by atoms with E-state index < -0.39 is 12.1 Å². The van der Waals surface area contributed by atoms with Crippen LogP contribution >= 0.6 is 0 Å². The lowest BCUT2D eigenvalue weighted by atomic mass is 10.0. The van der Waals surface area contributed by atoms with Crippen LogP contribution in [0.15, 0.2) is 18.3 Å². The van der Waals surface area contributed by atoms with Crippen molar-refractivity contribution >= 4 is 0 Å². The molecule has 0 aliphatic heterocycles. The highest BCUT2D eigenvalue weighted by Gasteiger charge is 2.19. The SMILES string of the molecule is CCC/C=C/[C@@H](O)[C@H](CO)n1cc(CCCCCCCCCCCCCCCCCCCCCCC)nn1. The molecule has 0 aliphatic rings. The van der Waals surface area contributed by atoms with Crippen LogP contribution in [0, 0.1) is 0 Å².